The van der Waals surface area contributed by atoms with Gasteiger partial charge in [0.25, 0.3) is 5.91 Å². The van der Waals surface area contributed by atoms with Gasteiger partial charge in [-0.15, -0.1) is 0 Å². The van der Waals surface area contributed by atoms with Gasteiger partial charge in [0.2, 0.25) is 0 Å². The van der Waals surface area contributed by atoms with Crippen molar-refractivity contribution in [1.29, 1.82) is 0 Å². The number of ether oxygens (including phenoxy) is 2. The van der Waals surface area contributed by atoms with E-state index in [4.69, 9.17) is 9.47 Å². The van der Waals surface area contributed by atoms with Crippen LogP contribution in [0.5, 0.6) is 11.5 Å². The monoisotopic (exact) mass is 395 g/mol. The average Bonchev–Trinajstić information content (AvgIpc) is 2.73. The van der Waals surface area contributed by atoms with Crippen molar-refractivity contribution >= 4 is 17.6 Å². The molecule has 0 saturated carbocycles. The van der Waals surface area contributed by atoms with Gasteiger partial charge in [0.15, 0.2) is 6.61 Å². The topological polar surface area (TPSA) is 64.6 Å². The number of carbonyl (C=O) groups excluding carboxylic acids is 2. The molecule has 1 amide bonds. The minimum absolute atomic E-state index is 0.326. The second kappa shape index (κ2) is 7.71. The van der Waals surface area contributed by atoms with Crippen LogP contribution in [0, 0.1) is 11.6 Å². The lowest BCUT2D eigenvalue weighted by molar-refractivity contribution is -0.148. The predicted molar refractivity (Wildman–Crippen MR) is 101 cm³/mol. The zero-order valence-electron chi connectivity index (χ0n) is 15.0. The quantitative estimate of drug-likeness (QED) is 0.666. The number of fused-ring (bicyclic) bond motifs is 2. The number of carbonyl (C=O) groups is 2. The van der Waals surface area contributed by atoms with Crippen molar-refractivity contribution in [3.8, 4) is 11.5 Å². The Kier molecular flexibility index (Phi) is 4.95. The van der Waals surface area contributed by atoms with Crippen molar-refractivity contribution in [3.05, 3.63) is 89.5 Å². The summed E-state index contributed by atoms with van der Waals surface area (Å²) in [5.41, 5.74) is 0.911. The summed E-state index contributed by atoms with van der Waals surface area (Å²) in [5.74, 6) is -2.64. The van der Waals surface area contributed by atoms with E-state index in [9.17, 15) is 18.4 Å². The summed E-state index contributed by atoms with van der Waals surface area (Å²) in [5, 5.41) is 2.19. The summed E-state index contributed by atoms with van der Waals surface area (Å²) in [4.78, 5) is 24.9. The molecule has 1 aliphatic rings. The smallest absolute Gasteiger partial charge is 0.318 e. The molecule has 1 N–H and O–H groups in total. The molecule has 3 aromatic carbocycles. The number of hydrogen-bond donors (Lipinski definition) is 1. The number of hydrogen-bond acceptors (Lipinski definition) is 4. The highest BCUT2D eigenvalue weighted by Crippen LogP contribution is 2.44. The maximum atomic E-state index is 13.6. The van der Waals surface area contributed by atoms with Crippen LogP contribution in [0.15, 0.2) is 66.7 Å². The molecule has 0 unspecified atom stereocenters. The van der Waals surface area contributed by atoms with Gasteiger partial charge in [0, 0.05) is 17.2 Å². The molecule has 0 aromatic heterocycles. The lowest BCUT2D eigenvalue weighted by atomic mass is 9.88. The standard InChI is InChI=1S/C22H15F2NO4/c23-13-9-10-16(24)17(11-13)25-20(26)12-28-22(27)21-14-5-1-3-7-18(14)29-19-8-4-2-6-15(19)21/h1-11,21H,12H2,(H,25,26). The molecule has 5 nitrogen and oxygen atoms in total. The van der Waals surface area contributed by atoms with Crippen LogP contribution in [0.4, 0.5) is 14.5 Å². The van der Waals surface area contributed by atoms with Gasteiger partial charge in [-0.05, 0) is 24.3 Å². The van der Waals surface area contributed by atoms with E-state index < -0.39 is 36.0 Å². The number of benzene rings is 3. The Labute approximate surface area is 164 Å². The molecule has 0 saturated heterocycles. The first-order valence-electron chi connectivity index (χ1n) is 8.80. The van der Waals surface area contributed by atoms with Crippen molar-refractivity contribution in [3.63, 3.8) is 0 Å². The van der Waals surface area contributed by atoms with Crippen LogP contribution in [0.25, 0.3) is 0 Å². The molecule has 0 atom stereocenters. The summed E-state index contributed by atoms with van der Waals surface area (Å²) >= 11 is 0. The van der Waals surface area contributed by atoms with Crippen LogP contribution < -0.4 is 10.1 Å². The fourth-order valence-electron chi connectivity index (χ4n) is 3.16. The van der Waals surface area contributed by atoms with Gasteiger partial charge < -0.3 is 14.8 Å². The minimum Gasteiger partial charge on any atom is -0.457 e. The van der Waals surface area contributed by atoms with Gasteiger partial charge >= 0.3 is 5.97 Å². The largest absolute Gasteiger partial charge is 0.457 e. The first-order valence-corrected chi connectivity index (χ1v) is 8.80. The summed E-state index contributed by atoms with van der Waals surface area (Å²) in [7, 11) is 0. The Hall–Kier alpha value is -3.74. The molecule has 1 heterocycles. The third-order valence-corrected chi connectivity index (χ3v) is 4.46. The molecule has 0 fully saturated rings. The number of amides is 1. The highest BCUT2D eigenvalue weighted by atomic mass is 19.1. The maximum Gasteiger partial charge on any atom is 0.318 e. The first-order chi connectivity index (χ1) is 14.0. The number of nitrogens with one attached hydrogen (secondary N) is 1. The van der Waals surface area contributed by atoms with Crippen LogP contribution >= 0.6 is 0 Å². The van der Waals surface area contributed by atoms with Crippen LogP contribution in [-0.4, -0.2) is 18.5 Å². The molecule has 0 radical (unpaired) electrons. The summed E-state index contributed by atoms with van der Waals surface area (Å²) in [6, 6.07) is 16.8. The number of esters is 1. The molecule has 0 bridgehead atoms. The zero-order valence-corrected chi connectivity index (χ0v) is 15.0. The Morgan fingerprint density at radius 2 is 1.55 bits per heavy atom. The Bertz CT molecular complexity index is 1050. The van der Waals surface area contributed by atoms with E-state index >= 15 is 0 Å². The van der Waals surface area contributed by atoms with E-state index in [2.05, 4.69) is 5.32 Å². The van der Waals surface area contributed by atoms with Gasteiger partial charge in [0.1, 0.15) is 29.1 Å². The van der Waals surface area contributed by atoms with E-state index in [1.165, 1.54) is 0 Å². The molecule has 7 heteroatoms. The molecular weight excluding hydrogens is 380 g/mol. The lowest BCUT2D eigenvalue weighted by Crippen LogP contribution is -2.26. The number of para-hydroxylation sites is 2. The van der Waals surface area contributed by atoms with Gasteiger partial charge in [-0.2, -0.15) is 0 Å². The molecule has 0 spiro atoms. The van der Waals surface area contributed by atoms with Crippen molar-refractivity contribution in [1.82, 2.24) is 0 Å². The van der Waals surface area contributed by atoms with Crippen LogP contribution in [-0.2, 0) is 14.3 Å². The van der Waals surface area contributed by atoms with Crippen LogP contribution in [0.1, 0.15) is 17.0 Å². The van der Waals surface area contributed by atoms with Gasteiger partial charge in [-0.25, -0.2) is 8.78 Å². The molecule has 29 heavy (non-hydrogen) atoms. The molecule has 0 aliphatic carbocycles. The van der Waals surface area contributed by atoms with E-state index in [0.717, 1.165) is 18.2 Å². The summed E-state index contributed by atoms with van der Waals surface area (Å²) in [6.45, 7) is -0.642. The van der Waals surface area contributed by atoms with E-state index in [0.29, 0.717) is 22.6 Å². The third-order valence-electron chi connectivity index (χ3n) is 4.46. The zero-order chi connectivity index (χ0) is 20.4. The van der Waals surface area contributed by atoms with Crippen LogP contribution in [0.2, 0.25) is 0 Å². The van der Waals surface area contributed by atoms with Gasteiger partial charge in [0.05, 0.1) is 5.69 Å². The average molecular weight is 395 g/mol. The van der Waals surface area contributed by atoms with Crippen molar-refractivity contribution < 1.29 is 27.8 Å². The minimum atomic E-state index is -0.793. The van der Waals surface area contributed by atoms with Crippen molar-refractivity contribution in [2.24, 2.45) is 0 Å². The molecule has 146 valence electrons. The lowest BCUT2D eigenvalue weighted by Gasteiger charge is -2.26. The van der Waals surface area contributed by atoms with Crippen LogP contribution in [0.3, 0.4) is 0 Å². The number of halogens is 2. The van der Waals surface area contributed by atoms with E-state index in [1.807, 2.05) is 0 Å². The molecular formula is C22H15F2NO4. The molecule has 4 rings (SSSR count). The Morgan fingerprint density at radius 3 is 2.21 bits per heavy atom. The highest BCUT2D eigenvalue weighted by Gasteiger charge is 2.33. The normalized spacial score (nSPS) is 12.3. The number of anilines is 1. The Morgan fingerprint density at radius 1 is 0.931 bits per heavy atom. The first kappa shape index (κ1) is 18.6. The third kappa shape index (κ3) is 3.80. The summed E-state index contributed by atoms with van der Waals surface area (Å²) < 4.78 is 37.9. The van der Waals surface area contributed by atoms with Crippen molar-refractivity contribution in [2.45, 2.75) is 5.92 Å². The molecule has 3 aromatic rings. The second-order valence-corrected chi connectivity index (χ2v) is 6.39. The molecule has 1 aliphatic heterocycles. The van der Waals surface area contributed by atoms with Gasteiger partial charge in [-0.3, -0.25) is 9.59 Å². The highest BCUT2D eigenvalue weighted by molar-refractivity contribution is 5.94. The predicted octanol–water partition coefficient (Wildman–Crippen LogP) is 4.38. The fourth-order valence-corrected chi connectivity index (χ4v) is 3.16. The van der Waals surface area contributed by atoms with Gasteiger partial charge in [-0.1, -0.05) is 36.4 Å². The Balaban J connectivity index is 1.50. The maximum absolute atomic E-state index is 13.6. The summed E-state index contributed by atoms with van der Waals surface area (Å²) in [6.07, 6.45) is 0. The van der Waals surface area contributed by atoms with Crippen molar-refractivity contribution in [2.75, 3.05) is 11.9 Å². The second-order valence-electron chi connectivity index (χ2n) is 6.39. The van der Waals surface area contributed by atoms with E-state index in [1.54, 1.807) is 48.5 Å². The fraction of sp³-hybridized carbons (Fsp3) is 0.0909. The SMILES string of the molecule is O=C(COC(=O)C1c2ccccc2Oc2ccccc21)Nc1cc(F)ccc1F. The number of rotatable bonds is 4. The van der Waals surface area contributed by atoms with E-state index in [-0.39, 0.29) is 5.69 Å².